The fourth-order valence-corrected chi connectivity index (χ4v) is 2.06. The fourth-order valence-electron chi connectivity index (χ4n) is 2.06. The van der Waals surface area contributed by atoms with E-state index in [0.717, 1.165) is 38.9 Å². The predicted octanol–water partition coefficient (Wildman–Crippen LogP) is 2.20. The van der Waals surface area contributed by atoms with Gasteiger partial charge in [0.25, 0.3) is 0 Å². The summed E-state index contributed by atoms with van der Waals surface area (Å²) in [4.78, 5) is 14.1. The SMILES string of the molecule is CCCCN(CC)C(=O)C1CCCCN1.Cl. The van der Waals surface area contributed by atoms with E-state index in [-0.39, 0.29) is 18.4 Å². The number of nitrogens with one attached hydrogen (secondary N) is 1. The Labute approximate surface area is 105 Å². The molecule has 0 aromatic heterocycles. The molecule has 1 atom stereocenters. The summed E-state index contributed by atoms with van der Waals surface area (Å²) >= 11 is 0. The smallest absolute Gasteiger partial charge is 0.239 e. The quantitative estimate of drug-likeness (QED) is 0.809. The average molecular weight is 249 g/mol. The lowest BCUT2D eigenvalue weighted by Crippen LogP contribution is -2.48. The van der Waals surface area contributed by atoms with Gasteiger partial charge in [-0.1, -0.05) is 19.8 Å². The number of unbranched alkanes of at least 4 members (excludes halogenated alkanes) is 1. The van der Waals surface area contributed by atoms with Crippen molar-refractivity contribution in [2.24, 2.45) is 0 Å². The van der Waals surface area contributed by atoms with Gasteiger partial charge in [-0.2, -0.15) is 0 Å². The van der Waals surface area contributed by atoms with E-state index >= 15 is 0 Å². The summed E-state index contributed by atoms with van der Waals surface area (Å²) in [6.07, 6.45) is 5.69. The van der Waals surface area contributed by atoms with E-state index in [1.54, 1.807) is 0 Å². The van der Waals surface area contributed by atoms with Gasteiger partial charge in [0, 0.05) is 13.1 Å². The standard InChI is InChI=1S/C12H24N2O.ClH/c1-3-5-10-14(4-2)12(15)11-8-6-7-9-13-11;/h11,13H,3-10H2,1-2H3;1H. The third-order valence-corrected chi connectivity index (χ3v) is 3.08. The number of hydrogen-bond acceptors (Lipinski definition) is 2. The summed E-state index contributed by atoms with van der Waals surface area (Å²) in [5, 5.41) is 3.32. The van der Waals surface area contributed by atoms with E-state index < -0.39 is 0 Å². The number of hydrogen-bond donors (Lipinski definition) is 1. The first-order valence-corrected chi connectivity index (χ1v) is 6.31. The van der Waals surface area contributed by atoms with Crippen molar-refractivity contribution < 1.29 is 4.79 Å². The highest BCUT2D eigenvalue weighted by molar-refractivity contribution is 5.85. The first-order chi connectivity index (χ1) is 7.29. The summed E-state index contributed by atoms with van der Waals surface area (Å²) in [6.45, 7) is 7.00. The molecule has 0 aliphatic carbocycles. The third-order valence-electron chi connectivity index (χ3n) is 3.08. The Morgan fingerprint density at radius 2 is 2.12 bits per heavy atom. The molecule has 0 radical (unpaired) electrons. The molecule has 1 unspecified atom stereocenters. The normalized spacial score (nSPS) is 20.0. The van der Waals surface area contributed by atoms with Crippen molar-refractivity contribution in [1.29, 1.82) is 0 Å². The molecule has 1 fully saturated rings. The zero-order valence-corrected chi connectivity index (χ0v) is 11.3. The monoisotopic (exact) mass is 248 g/mol. The third kappa shape index (κ3) is 4.71. The zero-order valence-electron chi connectivity index (χ0n) is 10.5. The lowest BCUT2D eigenvalue weighted by Gasteiger charge is -2.29. The molecular formula is C12H25ClN2O. The first-order valence-electron chi connectivity index (χ1n) is 6.31. The van der Waals surface area contributed by atoms with Crippen LogP contribution < -0.4 is 5.32 Å². The number of carbonyl (C=O) groups is 1. The summed E-state index contributed by atoms with van der Waals surface area (Å²) in [6, 6.07) is 0.0931. The van der Waals surface area contributed by atoms with Crippen LogP contribution in [0.2, 0.25) is 0 Å². The van der Waals surface area contributed by atoms with Crippen molar-refractivity contribution in [2.75, 3.05) is 19.6 Å². The summed E-state index contributed by atoms with van der Waals surface area (Å²) in [5.41, 5.74) is 0. The Kier molecular flexibility index (Phi) is 8.67. The molecule has 1 aliphatic rings. The maximum absolute atomic E-state index is 12.1. The second kappa shape index (κ2) is 8.82. The Balaban J connectivity index is 0.00000225. The molecule has 1 heterocycles. The maximum atomic E-state index is 12.1. The van der Waals surface area contributed by atoms with E-state index in [2.05, 4.69) is 19.2 Å². The summed E-state index contributed by atoms with van der Waals surface area (Å²) in [7, 11) is 0. The van der Waals surface area contributed by atoms with E-state index in [9.17, 15) is 4.79 Å². The summed E-state index contributed by atoms with van der Waals surface area (Å²) in [5.74, 6) is 0.311. The number of likely N-dealkylation sites (N-methyl/N-ethyl adjacent to an activating group) is 1. The second-order valence-corrected chi connectivity index (χ2v) is 4.27. The Morgan fingerprint density at radius 3 is 2.62 bits per heavy atom. The lowest BCUT2D eigenvalue weighted by atomic mass is 10.0. The number of amides is 1. The van der Waals surface area contributed by atoms with Gasteiger partial charge in [-0.15, -0.1) is 12.4 Å². The van der Waals surface area contributed by atoms with Crippen LogP contribution in [0.15, 0.2) is 0 Å². The minimum absolute atomic E-state index is 0. The van der Waals surface area contributed by atoms with Crippen LogP contribution >= 0.6 is 12.4 Å². The van der Waals surface area contributed by atoms with Crippen molar-refractivity contribution in [1.82, 2.24) is 10.2 Å². The molecule has 3 nitrogen and oxygen atoms in total. The van der Waals surface area contributed by atoms with Crippen LogP contribution in [-0.2, 0) is 4.79 Å². The van der Waals surface area contributed by atoms with Gasteiger partial charge in [0.2, 0.25) is 5.91 Å². The molecule has 0 bridgehead atoms. The van der Waals surface area contributed by atoms with E-state index in [0.29, 0.717) is 5.91 Å². The van der Waals surface area contributed by atoms with Crippen LogP contribution in [0.25, 0.3) is 0 Å². The van der Waals surface area contributed by atoms with Crippen molar-refractivity contribution in [3.8, 4) is 0 Å². The maximum Gasteiger partial charge on any atom is 0.239 e. The van der Waals surface area contributed by atoms with Crippen molar-refractivity contribution in [3.05, 3.63) is 0 Å². The van der Waals surface area contributed by atoms with Gasteiger partial charge in [0.05, 0.1) is 6.04 Å². The average Bonchev–Trinajstić information content (AvgIpc) is 2.31. The van der Waals surface area contributed by atoms with Crippen LogP contribution in [-0.4, -0.2) is 36.5 Å². The molecule has 0 spiro atoms. The second-order valence-electron chi connectivity index (χ2n) is 4.27. The largest absolute Gasteiger partial charge is 0.342 e. The Morgan fingerprint density at radius 1 is 1.38 bits per heavy atom. The van der Waals surface area contributed by atoms with Gasteiger partial charge in [0.15, 0.2) is 0 Å². The highest BCUT2D eigenvalue weighted by atomic mass is 35.5. The predicted molar refractivity (Wildman–Crippen MR) is 70.1 cm³/mol. The highest BCUT2D eigenvalue weighted by Gasteiger charge is 2.24. The van der Waals surface area contributed by atoms with Crippen LogP contribution in [0.3, 0.4) is 0 Å². The number of nitrogens with zero attached hydrogens (tertiary/aromatic N) is 1. The van der Waals surface area contributed by atoms with Gasteiger partial charge in [0.1, 0.15) is 0 Å². The van der Waals surface area contributed by atoms with Gasteiger partial charge >= 0.3 is 0 Å². The fraction of sp³-hybridized carbons (Fsp3) is 0.917. The van der Waals surface area contributed by atoms with Crippen LogP contribution in [0, 0.1) is 0 Å². The molecule has 1 rings (SSSR count). The van der Waals surface area contributed by atoms with Crippen molar-refractivity contribution in [3.63, 3.8) is 0 Å². The minimum Gasteiger partial charge on any atom is -0.342 e. The number of piperidine rings is 1. The van der Waals surface area contributed by atoms with Crippen molar-refractivity contribution >= 4 is 18.3 Å². The Hall–Kier alpha value is -0.280. The van der Waals surface area contributed by atoms with Crippen molar-refractivity contribution in [2.45, 2.75) is 52.0 Å². The van der Waals surface area contributed by atoms with E-state index in [1.807, 2.05) is 4.90 Å². The van der Waals surface area contributed by atoms with Crippen LogP contribution in [0.5, 0.6) is 0 Å². The van der Waals surface area contributed by atoms with Gasteiger partial charge in [-0.25, -0.2) is 0 Å². The van der Waals surface area contributed by atoms with Crippen LogP contribution in [0.4, 0.5) is 0 Å². The summed E-state index contributed by atoms with van der Waals surface area (Å²) < 4.78 is 0. The lowest BCUT2D eigenvalue weighted by molar-refractivity contribution is -0.133. The van der Waals surface area contributed by atoms with Gasteiger partial charge < -0.3 is 10.2 Å². The molecule has 1 amide bonds. The number of carbonyl (C=O) groups excluding carboxylic acids is 1. The molecular weight excluding hydrogens is 224 g/mol. The molecule has 0 saturated carbocycles. The molecule has 96 valence electrons. The molecule has 1 saturated heterocycles. The molecule has 4 heteroatoms. The zero-order chi connectivity index (χ0) is 11.1. The molecule has 1 aliphatic heterocycles. The van der Waals surface area contributed by atoms with Crippen LogP contribution in [0.1, 0.15) is 46.0 Å². The number of rotatable bonds is 5. The van der Waals surface area contributed by atoms with E-state index in [4.69, 9.17) is 0 Å². The number of halogens is 1. The van der Waals surface area contributed by atoms with Gasteiger partial charge in [-0.3, -0.25) is 4.79 Å². The minimum atomic E-state index is 0. The highest BCUT2D eigenvalue weighted by Crippen LogP contribution is 2.10. The topological polar surface area (TPSA) is 32.3 Å². The molecule has 1 N–H and O–H groups in total. The molecule has 0 aromatic rings. The van der Waals surface area contributed by atoms with Gasteiger partial charge in [-0.05, 0) is 32.7 Å². The Bertz CT molecular complexity index is 193. The van der Waals surface area contributed by atoms with E-state index in [1.165, 1.54) is 12.8 Å². The molecule has 16 heavy (non-hydrogen) atoms. The molecule has 0 aromatic carbocycles. The first kappa shape index (κ1) is 15.7.